The number of benzene rings is 1. The molecule has 1 saturated heterocycles. The molecule has 4 heteroatoms. The second-order valence-corrected chi connectivity index (χ2v) is 4.48. The predicted octanol–water partition coefficient (Wildman–Crippen LogP) is 0.913. The quantitative estimate of drug-likeness (QED) is 0.633. The van der Waals surface area contributed by atoms with E-state index >= 15 is 0 Å². The van der Waals surface area contributed by atoms with E-state index in [2.05, 4.69) is 10.6 Å². The molecule has 3 rings (SSSR count). The minimum Gasteiger partial charge on any atom is -0.319 e. The molecule has 2 atom stereocenters. The van der Waals surface area contributed by atoms with Gasteiger partial charge in [-0.05, 0) is 23.5 Å². The smallest absolute Gasteiger partial charge is 0.319 e. The second-order valence-electron chi connectivity index (χ2n) is 4.48. The summed E-state index contributed by atoms with van der Waals surface area (Å²) in [6.45, 7) is 1.99. The molecular weight excluding hydrogens is 204 g/mol. The third kappa shape index (κ3) is 0.939. The summed E-state index contributed by atoms with van der Waals surface area (Å²) in [7, 11) is 0. The molecule has 1 aliphatic heterocycles. The van der Waals surface area contributed by atoms with Crippen molar-refractivity contribution >= 4 is 11.9 Å². The van der Waals surface area contributed by atoms with Gasteiger partial charge in [-0.25, -0.2) is 4.79 Å². The normalized spacial score (nSPS) is 31.4. The Morgan fingerprint density at radius 3 is 2.75 bits per heavy atom. The molecule has 1 aromatic carbocycles. The van der Waals surface area contributed by atoms with Crippen molar-refractivity contribution in [2.24, 2.45) is 5.92 Å². The summed E-state index contributed by atoms with van der Waals surface area (Å²) in [6.07, 6.45) is 0.823. The lowest BCUT2D eigenvalue weighted by Gasteiger charge is -2.26. The van der Waals surface area contributed by atoms with Crippen LogP contribution in [0.15, 0.2) is 24.3 Å². The van der Waals surface area contributed by atoms with Crippen LogP contribution < -0.4 is 10.6 Å². The molecular formula is C12H12N2O2. The van der Waals surface area contributed by atoms with Gasteiger partial charge in [0.25, 0.3) is 5.91 Å². The van der Waals surface area contributed by atoms with Crippen molar-refractivity contribution in [3.8, 4) is 0 Å². The Kier molecular flexibility index (Phi) is 1.67. The number of nitrogens with one attached hydrogen (secondary N) is 2. The average molecular weight is 216 g/mol. The van der Waals surface area contributed by atoms with E-state index in [-0.39, 0.29) is 11.8 Å². The van der Waals surface area contributed by atoms with Crippen LogP contribution in [0.2, 0.25) is 0 Å². The number of hydrogen-bond acceptors (Lipinski definition) is 2. The summed E-state index contributed by atoms with van der Waals surface area (Å²) >= 11 is 0. The predicted molar refractivity (Wildman–Crippen MR) is 57.7 cm³/mol. The van der Waals surface area contributed by atoms with E-state index < -0.39 is 11.6 Å². The average Bonchev–Trinajstić information content (AvgIpc) is 2.69. The highest BCUT2D eigenvalue weighted by atomic mass is 16.2. The van der Waals surface area contributed by atoms with Gasteiger partial charge in [-0.2, -0.15) is 0 Å². The van der Waals surface area contributed by atoms with Crippen LogP contribution >= 0.6 is 0 Å². The van der Waals surface area contributed by atoms with E-state index in [1.807, 2.05) is 31.2 Å². The number of imide groups is 1. The van der Waals surface area contributed by atoms with E-state index in [0.717, 1.165) is 17.5 Å². The van der Waals surface area contributed by atoms with Gasteiger partial charge in [-0.3, -0.25) is 10.1 Å². The SMILES string of the molecule is C[C@H]1Cc2ccccc2[C@]12NC(=O)NC2=O. The summed E-state index contributed by atoms with van der Waals surface area (Å²) in [5.74, 6) is -0.133. The first-order chi connectivity index (χ1) is 7.64. The van der Waals surface area contributed by atoms with Gasteiger partial charge in [0.2, 0.25) is 0 Å². The zero-order valence-corrected chi connectivity index (χ0v) is 8.91. The van der Waals surface area contributed by atoms with Crippen LogP contribution in [0.25, 0.3) is 0 Å². The second kappa shape index (κ2) is 2.84. The van der Waals surface area contributed by atoms with Crippen molar-refractivity contribution in [1.29, 1.82) is 0 Å². The monoisotopic (exact) mass is 216 g/mol. The molecule has 2 aliphatic rings. The molecule has 16 heavy (non-hydrogen) atoms. The highest BCUT2D eigenvalue weighted by molar-refractivity contribution is 6.08. The standard InChI is InChI=1S/C12H12N2O2/c1-7-6-8-4-2-3-5-9(8)12(7)10(15)13-11(16)14-12/h2-5,7H,6H2,1H3,(H2,13,14,15,16)/t7-,12+/m0/s1. The minimum atomic E-state index is -0.840. The Labute approximate surface area is 93.0 Å². The largest absolute Gasteiger partial charge is 0.322 e. The van der Waals surface area contributed by atoms with Gasteiger partial charge in [-0.1, -0.05) is 31.2 Å². The minimum absolute atomic E-state index is 0.0938. The van der Waals surface area contributed by atoms with E-state index in [1.54, 1.807) is 0 Å². The molecule has 1 aromatic rings. The zero-order chi connectivity index (χ0) is 11.3. The molecule has 0 saturated carbocycles. The lowest BCUT2D eigenvalue weighted by Crippen LogP contribution is -2.46. The number of rotatable bonds is 0. The van der Waals surface area contributed by atoms with Gasteiger partial charge in [0.1, 0.15) is 5.54 Å². The fourth-order valence-electron chi connectivity index (χ4n) is 2.84. The van der Waals surface area contributed by atoms with Gasteiger partial charge in [0.05, 0.1) is 0 Å². The molecule has 1 heterocycles. The third-order valence-electron chi connectivity index (χ3n) is 3.60. The highest BCUT2D eigenvalue weighted by Crippen LogP contribution is 2.42. The number of fused-ring (bicyclic) bond motifs is 2. The molecule has 3 amide bonds. The molecule has 0 aromatic heterocycles. The molecule has 0 radical (unpaired) electrons. The first-order valence-electron chi connectivity index (χ1n) is 5.36. The van der Waals surface area contributed by atoms with Crippen LogP contribution in [0.4, 0.5) is 4.79 Å². The van der Waals surface area contributed by atoms with Gasteiger partial charge in [-0.15, -0.1) is 0 Å². The maximum absolute atomic E-state index is 12.0. The molecule has 1 spiro atoms. The van der Waals surface area contributed by atoms with Crippen molar-refractivity contribution in [2.75, 3.05) is 0 Å². The number of amides is 3. The van der Waals surface area contributed by atoms with Gasteiger partial charge in [0, 0.05) is 0 Å². The van der Waals surface area contributed by atoms with Crippen molar-refractivity contribution in [2.45, 2.75) is 18.9 Å². The Hall–Kier alpha value is -1.84. The van der Waals surface area contributed by atoms with Crippen molar-refractivity contribution in [1.82, 2.24) is 10.6 Å². The van der Waals surface area contributed by atoms with E-state index in [9.17, 15) is 9.59 Å². The Morgan fingerprint density at radius 2 is 2.06 bits per heavy atom. The maximum Gasteiger partial charge on any atom is 0.322 e. The molecule has 2 N–H and O–H groups in total. The lowest BCUT2D eigenvalue weighted by atomic mass is 9.85. The fraction of sp³-hybridized carbons (Fsp3) is 0.333. The van der Waals surface area contributed by atoms with Crippen LogP contribution in [-0.4, -0.2) is 11.9 Å². The summed E-state index contributed by atoms with van der Waals surface area (Å²) < 4.78 is 0. The van der Waals surface area contributed by atoms with Crippen LogP contribution in [0.3, 0.4) is 0 Å². The van der Waals surface area contributed by atoms with Crippen LogP contribution in [0, 0.1) is 5.92 Å². The number of carbonyl (C=O) groups is 2. The highest BCUT2D eigenvalue weighted by Gasteiger charge is 2.55. The summed E-state index contributed by atoms with van der Waals surface area (Å²) in [6, 6.07) is 7.39. The Balaban J connectivity index is 2.21. The van der Waals surface area contributed by atoms with Gasteiger partial charge >= 0.3 is 6.03 Å². The first kappa shape index (κ1) is 9.39. The lowest BCUT2D eigenvalue weighted by molar-refractivity contribution is -0.125. The van der Waals surface area contributed by atoms with E-state index in [0.29, 0.717) is 0 Å². The molecule has 1 fully saturated rings. The molecule has 82 valence electrons. The van der Waals surface area contributed by atoms with E-state index in [4.69, 9.17) is 0 Å². The van der Waals surface area contributed by atoms with Crippen LogP contribution in [0.5, 0.6) is 0 Å². The Morgan fingerprint density at radius 1 is 1.31 bits per heavy atom. The molecule has 4 nitrogen and oxygen atoms in total. The van der Waals surface area contributed by atoms with Crippen molar-refractivity contribution in [3.05, 3.63) is 35.4 Å². The number of carbonyl (C=O) groups excluding carboxylic acids is 2. The van der Waals surface area contributed by atoms with Gasteiger partial charge < -0.3 is 5.32 Å². The van der Waals surface area contributed by atoms with Crippen molar-refractivity contribution < 1.29 is 9.59 Å². The molecule has 0 bridgehead atoms. The summed E-state index contributed by atoms with van der Waals surface area (Å²) in [5.41, 5.74) is 1.24. The summed E-state index contributed by atoms with van der Waals surface area (Å²) in [5, 5.41) is 5.12. The molecule has 1 aliphatic carbocycles. The van der Waals surface area contributed by atoms with Crippen LogP contribution in [-0.2, 0) is 16.8 Å². The first-order valence-corrected chi connectivity index (χ1v) is 5.36. The fourth-order valence-corrected chi connectivity index (χ4v) is 2.84. The van der Waals surface area contributed by atoms with Crippen molar-refractivity contribution in [3.63, 3.8) is 0 Å². The zero-order valence-electron chi connectivity index (χ0n) is 8.91. The number of urea groups is 1. The third-order valence-corrected chi connectivity index (χ3v) is 3.60. The molecule has 0 unspecified atom stereocenters. The maximum atomic E-state index is 12.0. The van der Waals surface area contributed by atoms with Gasteiger partial charge in [0.15, 0.2) is 0 Å². The van der Waals surface area contributed by atoms with E-state index in [1.165, 1.54) is 0 Å². The summed E-state index contributed by atoms with van der Waals surface area (Å²) in [4.78, 5) is 23.3. The van der Waals surface area contributed by atoms with Crippen LogP contribution in [0.1, 0.15) is 18.1 Å². The Bertz CT molecular complexity index is 498. The number of hydrogen-bond donors (Lipinski definition) is 2. The topological polar surface area (TPSA) is 58.2 Å².